The zero-order valence-corrected chi connectivity index (χ0v) is 20.8. The number of anilines is 1. The molecule has 1 N–H and O–H groups in total. The molecule has 0 spiro atoms. The number of ketones is 1. The first-order chi connectivity index (χ1) is 17.4. The average molecular weight is 486 g/mol. The molecule has 1 atom stereocenters. The van der Waals surface area contributed by atoms with Crippen LogP contribution in [-0.4, -0.2) is 30.5 Å². The molecule has 0 radical (unpaired) electrons. The molecule has 6 heteroatoms. The maximum absolute atomic E-state index is 13.4. The number of carbonyl (C=O) groups excluding carboxylic acids is 2. The van der Waals surface area contributed by atoms with E-state index in [0.29, 0.717) is 41.7 Å². The van der Waals surface area contributed by atoms with Crippen LogP contribution in [0.2, 0.25) is 0 Å². The number of hydrogen-bond donors (Lipinski definition) is 1. The zero-order chi connectivity index (χ0) is 25.7. The Bertz CT molecular complexity index is 1250. The van der Waals surface area contributed by atoms with E-state index in [1.165, 1.54) is 4.90 Å². The Morgan fingerprint density at radius 2 is 1.69 bits per heavy atom. The molecule has 4 rings (SSSR count). The summed E-state index contributed by atoms with van der Waals surface area (Å²) in [5, 5.41) is 10.9. The fraction of sp³-hybridized carbons (Fsp3) is 0.267. The predicted octanol–water partition coefficient (Wildman–Crippen LogP) is 5.83. The Kier molecular flexibility index (Phi) is 7.74. The van der Waals surface area contributed by atoms with Crippen molar-refractivity contribution in [2.24, 2.45) is 5.92 Å². The van der Waals surface area contributed by atoms with Gasteiger partial charge in [-0.05, 0) is 59.9 Å². The molecule has 0 aliphatic carbocycles. The van der Waals surface area contributed by atoms with Crippen molar-refractivity contribution in [2.45, 2.75) is 32.7 Å². The van der Waals surface area contributed by atoms with Crippen LogP contribution in [0.3, 0.4) is 0 Å². The van der Waals surface area contributed by atoms with Gasteiger partial charge < -0.3 is 14.6 Å². The van der Waals surface area contributed by atoms with E-state index < -0.39 is 17.7 Å². The number of benzene rings is 3. The van der Waals surface area contributed by atoms with E-state index in [4.69, 9.17) is 9.47 Å². The monoisotopic (exact) mass is 485 g/mol. The standard InChI is InChI=1S/C30H31NO5/c1-20(2)19-36-24-15-13-23(14-16-24)31-28(22-10-7-11-25(18-22)35-3)27(29(33)30(31)34)26(32)17-12-21-8-5-4-6-9-21/h4-11,13-16,18,20,28,33H,12,17,19H2,1-3H3. The van der Waals surface area contributed by atoms with Gasteiger partial charge in [0.25, 0.3) is 5.91 Å². The number of aryl methyl sites for hydroxylation is 1. The molecule has 1 amide bonds. The van der Waals surface area contributed by atoms with Crippen LogP contribution in [-0.2, 0) is 16.0 Å². The molecule has 1 aliphatic rings. The largest absolute Gasteiger partial charge is 0.503 e. The molecule has 1 heterocycles. The lowest BCUT2D eigenvalue weighted by molar-refractivity contribution is -0.118. The van der Waals surface area contributed by atoms with E-state index in [-0.39, 0.29) is 17.8 Å². The number of amides is 1. The summed E-state index contributed by atoms with van der Waals surface area (Å²) in [6, 6.07) is 23.2. The summed E-state index contributed by atoms with van der Waals surface area (Å²) in [6.07, 6.45) is 0.685. The van der Waals surface area contributed by atoms with Gasteiger partial charge >= 0.3 is 0 Å². The molecule has 6 nitrogen and oxygen atoms in total. The molecular formula is C30H31NO5. The SMILES string of the molecule is COc1cccc(C2C(C(=O)CCc3ccccc3)=C(O)C(=O)N2c2ccc(OCC(C)C)cc2)c1. The lowest BCUT2D eigenvalue weighted by Gasteiger charge is -2.27. The van der Waals surface area contributed by atoms with Crippen molar-refractivity contribution >= 4 is 17.4 Å². The third-order valence-corrected chi connectivity index (χ3v) is 6.10. The van der Waals surface area contributed by atoms with Crippen molar-refractivity contribution in [3.8, 4) is 11.5 Å². The molecule has 0 saturated heterocycles. The molecule has 0 fully saturated rings. The zero-order valence-electron chi connectivity index (χ0n) is 20.8. The second-order valence-corrected chi connectivity index (χ2v) is 9.22. The van der Waals surface area contributed by atoms with Gasteiger partial charge in [-0.15, -0.1) is 0 Å². The van der Waals surface area contributed by atoms with E-state index in [2.05, 4.69) is 13.8 Å². The highest BCUT2D eigenvalue weighted by atomic mass is 16.5. The number of nitrogens with zero attached hydrogens (tertiary/aromatic N) is 1. The molecule has 3 aromatic rings. The Labute approximate surface area is 211 Å². The third-order valence-electron chi connectivity index (χ3n) is 6.10. The summed E-state index contributed by atoms with van der Waals surface area (Å²) in [4.78, 5) is 28.2. The van der Waals surface area contributed by atoms with Crippen molar-refractivity contribution in [3.63, 3.8) is 0 Å². The van der Waals surface area contributed by atoms with Gasteiger partial charge in [-0.3, -0.25) is 14.5 Å². The summed E-state index contributed by atoms with van der Waals surface area (Å²) in [6.45, 7) is 4.72. The Morgan fingerprint density at radius 3 is 2.36 bits per heavy atom. The van der Waals surface area contributed by atoms with Crippen LogP contribution in [0.4, 0.5) is 5.69 Å². The lowest BCUT2D eigenvalue weighted by atomic mass is 9.93. The number of ether oxygens (including phenoxy) is 2. The molecule has 0 bridgehead atoms. The quantitative estimate of drug-likeness (QED) is 0.391. The minimum atomic E-state index is -0.779. The minimum absolute atomic E-state index is 0.101. The van der Waals surface area contributed by atoms with E-state index in [0.717, 1.165) is 5.56 Å². The fourth-order valence-corrected chi connectivity index (χ4v) is 4.29. The van der Waals surface area contributed by atoms with E-state index in [1.54, 1.807) is 49.6 Å². The predicted molar refractivity (Wildman–Crippen MR) is 139 cm³/mol. The fourth-order valence-electron chi connectivity index (χ4n) is 4.29. The minimum Gasteiger partial charge on any atom is -0.503 e. The Morgan fingerprint density at radius 1 is 0.972 bits per heavy atom. The smallest absolute Gasteiger partial charge is 0.294 e. The molecule has 0 aromatic heterocycles. The van der Waals surface area contributed by atoms with Crippen molar-refractivity contribution in [3.05, 3.63) is 101 Å². The molecule has 1 unspecified atom stereocenters. The summed E-state index contributed by atoms with van der Waals surface area (Å²) >= 11 is 0. The Hall–Kier alpha value is -4.06. The van der Waals surface area contributed by atoms with Gasteiger partial charge in [0, 0.05) is 12.1 Å². The molecule has 36 heavy (non-hydrogen) atoms. The number of aliphatic hydroxyl groups excluding tert-OH is 1. The molecule has 0 saturated carbocycles. The summed E-state index contributed by atoms with van der Waals surface area (Å²) in [5.41, 5.74) is 2.35. The number of carbonyl (C=O) groups is 2. The van der Waals surface area contributed by atoms with Gasteiger partial charge in [0.15, 0.2) is 11.5 Å². The van der Waals surface area contributed by atoms with Crippen molar-refractivity contribution in [1.82, 2.24) is 0 Å². The van der Waals surface area contributed by atoms with Gasteiger partial charge in [-0.2, -0.15) is 0 Å². The normalized spacial score (nSPS) is 15.5. The third kappa shape index (κ3) is 5.43. The number of rotatable bonds is 10. The Balaban J connectivity index is 1.68. The van der Waals surface area contributed by atoms with Crippen LogP contribution < -0.4 is 14.4 Å². The summed E-state index contributed by atoms with van der Waals surface area (Å²) in [7, 11) is 1.56. The van der Waals surface area contributed by atoms with Gasteiger partial charge in [0.05, 0.1) is 25.3 Å². The van der Waals surface area contributed by atoms with Crippen molar-refractivity contribution in [2.75, 3.05) is 18.6 Å². The second-order valence-electron chi connectivity index (χ2n) is 9.22. The van der Waals surface area contributed by atoms with Gasteiger partial charge in [-0.25, -0.2) is 0 Å². The topological polar surface area (TPSA) is 76.1 Å². The van der Waals surface area contributed by atoms with Crippen LogP contribution in [0.25, 0.3) is 0 Å². The highest BCUT2D eigenvalue weighted by molar-refractivity contribution is 6.16. The van der Waals surface area contributed by atoms with Crippen LogP contribution >= 0.6 is 0 Å². The number of aliphatic hydroxyl groups is 1. The van der Waals surface area contributed by atoms with Crippen molar-refractivity contribution in [1.29, 1.82) is 0 Å². The highest BCUT2D eigenvalue weighted by Crippen LogP contribution is 2.42. The van der Waals surface area contributed by atoms with Gasteiger partial charge in [0.2, 0.25) is 0 Å². The van der Waals surface area contributed by atoms with Crippen LogP contribution in [0, 0.1) is 5.92 Å². The first kappa shape index (κ1) is 25.0. The van der Waals surface area contributed by atoms with Crippen LogP contribution in [0.1, 0.15) is 37.4 Å². The number of Topliss-reactive ketones (excluding diaryl/α,β-unsaturated/α-hetero) is 1. The van der Waals surface area contributed by atoms with Gasteiger partial charge in [0.1, 0.15) is 11.5 Å². The molecular weight excluding hydrogens is 454 g/mol. The average Bonchev–Trinajstić information content (AvgIpc) is 3.17. The van der Waals surface area contributed by atoms with E-state index in [1.807, 2.05) is 36.4 Å². The van der Waals surface area contributed by atoms with Crippen molar-refractivity contribution < 1.29 is 24.2 Å². The van der Waals surface area contributed by atoms with E-state index in [9.17, 15) is 14.7 Å². The first-order valence-corrected chi connectivity index (χ1v) is 12.1. The summed E-state index contributed by atoms with van der Waals surface area (Å²) in [5.74, 6) is 0.278. The molecule has 1 aliphatic heterocycles. The molecule has 3 aromatic carbocycles. The van der Waals surface area contributed by atoms with Crippen LogP contribution in [0.5, 0.6) is 11.5 Å². The molecule has 186 valence electrons. The number of hydrogen-bond acceptors (Lipinski definition) is 5. The van der Waals surface area contributed by atoms with E-state index >= 15 is 0 Å². The summed E-state index contributed by atoms with van der Waals surface area (Å²) < 4.78 is 11.2. The van der Waals surface area contributed by atoms with Crippen LogP contribution in [0.15, 0.2) is 90.2 Å². The highest BCUT2D eigenvalue weighted by Gasteiger charge is 2.44. The number of methoxy groups -OCH3 is 1. The van der Waals surface area contributed by atoms with Gasteiger partial charge in [-0.1, -0.05) is 56.3 Å². The maximum Gasteiger partial charge on any atom is 0.294 e. The second kappa shape index (κ2) is 11.1. The maximum atomic E-state index is 13.4. The lowest BCUT2D eigenvalue weighted by Crippen LogP contribution is -2.31. The first-order valence-electron chi connectivity index (χ1n) is 12.1.